The van der Waals surface area contributed by atoms with Crippen LogP contribution in [0.5, 0.6) is 0 Å². The Hall–Kier alpha value is -3.13. The van der Waals surface area contributed by atoms with Gasteiger partial charge in [-0.1, -0.05) is 66.2 Å². The standard InChI is InChI=1S/C26H25ClN2O4S/c1-19-17-29(18-25(33-19)21-7-3-2-4-8-21)26(30)16-13-20-11-14-22(15-12-20)34(31,32)28-24-10-6-5-9-23(24)27/h2-16,19,25,28H,17-18H2,1H3/b16-13+. The van der Waals surface area contributed by atoms with Crippen molar-refractivity contribution in [1.29, 1.82) is 0 Å². The second-order valence-electron chi connectivity index (χ2n) is 8.08. The number of anilines is 1. The monoisotopic (exact) mass is 496 g/mol. The number of ether oxygens (including phenoxy) is 1. The highest BCUT2D eigenvalue weighted by molar-refractivity contribution is 7.92. The largest absolute Gasteiger partial charge is 0.367 e. The molecule has 0 aliphatic carbocycles. The molecule has 1 saturated heterocycles. The van der Waals surface area contributed by atoms with Gasteiger partial charge in [-0.15, -0.1) is 0 Å². The fraction of sp³-hybridized carbons (Fsp3) is 0.192. The zero-order valence-corrected chi connectivity index (χ0v) is 20.2. The molecule has 1 heterocycles. The molecule has 1 aliphatic rings. The quantitative estimate of drug-likeness (QED) is 0.479. The SMILES string of the molecule is CC1CN(C(=O)/C=C/c2ccc(S(=O)(=O)Nc3ccccc3Cl)cc2)CC(c2ccccc2)O1. The summed E-state index contributed by atoms with van der Waals surface area (Å²) in [7, 11) is -3.79. The summed E-state index contributed by atoms with van der Waals surface area (Å²) < 4.78 is 33.8. The Labute approximate surface area is 204 Å². The molecule has 2 atom stereocenters. The van der Waals surface area contributed by atoms with Gasteiger partial charge in [0.15, 0.2) is 0 Å². The van der Waals surface area contributed by atoms with Crippen molar-refractivity contribution in [2.75, 3.05) is 17.8 Å². The molecule has 1 N–H and O–H groups in total. The van der Waals surface area contributed by atoms with Crippen LogP contribution in [-0.2, 0) is 19.6 Å². The van der Waals surface area contributed by atoms with E-state index in [1.54, 1.807) is 47.4 Å². The van der Waals surface area contributed by atoms with Crippen molar-refractivity contribution in [1.82, 2.24) is 4.90 Å². The maximum absolute atomic E-state index is 12.8. The summed E-state index contributed by atoms with van der Waals surface area (Å²) in [5.74, 6) is -0.117. The molecule has 34 heavy (non-hydrogen) atoms. The Balaban J connectivity index is 1.41. The van der Waals surface area contributed by atoms with Crippen molar-refractivity contribution in [2.24, 2.45) is 0 Å². The molecule has 2 unspecified atom stereocenters. The Kier molecular flexibility index (Phi) is 7.36. The molecule has 3 aromatic carbocycles. The predicted molar refractivity (Wildman–Crippen MR) is 134 cm³/mol. The van der Waals surface area contributed by atoms with Gasteiger partial charge >= 0.3 is 0 Å². The van der Waals surface area contributed by atoms with Gasteiger partial charge in [0.2, 0.25) is 5.91 Å². The van der Waals surface area contributed by atoms with E-state index in [0.29, 0.717) is 29.4 Å². The molecule has 1 aliphatic heterocycles. The number of hydrogen-bond acceptors (Lipinski definition) is 4. The molecular weight excluding hydrogens is 472 g/mol. The normalized spacial score (nSPS) is 18.7. The molecule has 0 bridgehead atoms. The van der Waals surface area contributed by atoms with Crippen LogP contribution in [0.1, 0.15) is 24.2 Å². The predicted octanol–water partition coefficient (Wildman–Crippen LogP) is 5.14. The van der Waals surface area contributed by atoms with E-state index in [0.717, 1.165) is 5.56 Å². The lowest BCUT2D eigenvalue weighted by Gasteiger charge is -2.36. The lowest BCUT2D eigenvalue weighted by Crippen LogP contribution is -2.45. The number of para-hydroxylation sites is 1. The summed E-state index contributed by atoms with van der Waals surface area (Å²) in [6, 6.07) is 22.8. The highest BCUT2D eigenvalue weighted by atomic mass is 35.5. The molecule has 176 valence electrons. The number of nitrogens with zero attached hydrogens (tertiary/aromatic N) is 1. The van der Waals surface area contributed by atoms with Crippen molar-refractivity contribution < 1.29 is 17.9 Å². The Morgan fingerprint density at radius 2 is 1.68 bits per heavy atom. The van der Waals surface area contributed by atoms with Crippen LogP contribution >= 0.6 is 11.6 Å². The van der Waals surface area contributed by atoms with Crippen LogP contribution < -0.4 is 4.72 Å². The van der Waals surface area contributed by atoms with Gasteiger partial charge in [-0.2, -0.15) is 0 Å². The molecule has 0 saturated carbocycles. The number of sulfonamides is 1. The summed E-state index contributed by atoms with van der Waals surface area (Å²) in [5.41, 5.74) is 2.07. The third-order valence-electron chi connectivity index (χ3n) is 5.47. The number of halogens is 1. The number of nitrogens with one attached hydrogen (secondary N) is 1. The van der Waals surface area contributed by atoms with Gasteiger partial charge in [-0.3, -0.25) is 9.52 Å². The maximum atomic E-state index is 12.8. The molecular formula is C26H25ClN2O4S. The first-order valence-corrected chi connectivity index (χ1v) is 12.7. The van der Waals surface area contributed by atoms with Crippen LogP contribution in [0, 0.1) is 0 Å². The molecule has 8 heteroatoms. The van der Waals surface area contributed by atoms with E-state index in [4.69, 9.17) is 16.3 Å². The summed E-state index contributed by atoms with van der Waals surface area (Å²) in [4.78, 5) is 14.7. The minimum absolute atomic E-state index is 0.0774. The molecule has 0 aromatic heterocycles. The first-order chi connectivity index (χ1) is 16.3. The van der Waals surface area contributed by atoms with Crippen molar-refractivity contribution >= 4 is 39.3 Å². The average Bonchev–Trinajstić information content (AvgIpc) is 2.84. The smallest absolute Gasteiger partial charge is 0.261 e. The van der Waals surface area contributed by atoms with E-state index in [9.17, 15) is 13.2 Å². The summed E-state index contributed by atoms with van der Waals surface area (Å²) >= 11 is 6.05. The zero-order chi connectivity index (χ0) is 24.1. The summed E-state index contributed by atoms with van der Waals surface area (Å²) in [5, 5.41) is 0.316. The fourth-order valence-corrected chi connectivity index (χ4v) is 5.08. The Morgan fingerprint density at radius 1 is 1.00 bits per heavy atom. The minimum atomic E-state index is -3.79. The molecule has 3 aromatic rings. The molecule has 0 spiro atoms. The van der Waals surface area contributed by atoms with Crippen LogP contribution in [0.3, 0.4) is 0 Å². The third kappa shape index (κ3) is 5.86. The number of rotatable bonds is 6. The molecule has 0 radical (unpaired) electrons. The summed E-state index contributed by atoms with van der Waals surface area (Å²) in [6.45, 7) is 2.94. The van der Waals surface area contributed by atoms with E-state index in [1.807, 2.05) is 37.3 Å². The Bertz CT molecular complexity index is 1280. The van der Waals surface area contributed by atoms with Gasteiger partial charge in [-0.25, -0.2) is 8.42 Å². The lowest BCUT2D eigenvalue weighted by molar-refractivity contribution is -0.139. The highest BCUT2D eigenvalue weighted by Gasteiger charge is 2.28. The fourth-order valence-electron chi connectivity index (χ4n) is 3.76. The third-order valence-corrected chi connectivity index (χ3v) is 7.18. The van der Waals surface area contributed by atoms with Gasteiger partial charge in [0.25, 0.3) is 10.0 Å². The lowest BCUT2D eigenvalue weighted by atomic mass is 10.1. The molecule has 4 rings (SSSR count). The van der Waals surface area contributed by atoms with Gasteiger partial charge in [0.05, 0.1) is 28.3 Å². The van der Waals surface area contributed by atoms with E-state index < -0.39 is 10.0 Å². The molecule has 1 fully saturated rings. The van der Waals surface area contributed by atoms with Crippen molar-refractivity contribution in [3.63, 3.8) is 0 Å². The van der Waals surface area contributed by atoms with Crippen LogP contribution in [-0.4, -0.2) is 38.4 Å². The van der Waals surface area contributed by atoms with Gasteiger partial charge in [-0.05, 0) is 48.4 Å². The first-order valence-electron chi connectivity index (χ1n) is 10.9. The molecule has 1 amide bonds. The van der Waals surface area contributed by atoms with Crippen LogP contribution in [0.15, 0.2) is 89.8 Å². The van der Waals surface area contributed by atoms with Crippen LogP contribution in [0.4, 0.5) is 5.69 Å². The zero-order valence-electron chi connectivity index (χ0n) is 18.6. The number of carbonyl (C=O) groups excluding carboxylic acids is 1. The van der Waals surface area contributed by atoms with Crippen LogP contribution in [0.25, 0.3) is 6.08 Å². The number of morpholine rings is 1. The highest BCUT2D eigenvalue weighted by Crippen LogP contribution is 2.26. The van der Waals surface area contributed by atoms with E-state index >= 15 is 0 Å². The van der Waals surface area contributed by atoms with Crippen molar-refractivity contribution in [3.05, 3.63) is 101 Å². The Morgan fingerprint density at radius 3 is 2.38 bits per heavy atom. The molecule has 6 nitrogen and oxygen atoms in total. The number of benzene rings is 3. The van der Waals surface area contributed by atoms with Gasteiger partial charge in [0.1, 0.15) is 6.10 Å². The van der Waals surface area contributed by atoms with Crippen molar-refractivity contribution in [2.45, 2.75) is 24.0 Å². The van der Waals surface area contributed by atoms with Gasteiger partial charge in [0, 0.05) is 12.6 Å². The maximum Gasteiger partial charge on any atom is 0.261 e. The number of carbonyl (C=O) groups is 1. The second-order valence-corrected chi connectivity index (χ2v) is 10.2. The topological polar surface area (TPSA) is 75.7 Å². The second kappa shape index (κ2) is 10.4. The van der Waals surface area contributed by atoms with E-state index in [-0.39, 0.29) is 23.0 Å². The van der Waals surface area contributed by atoms with Crippen molar-refractivity contribution in [3.8, 4) is 0 Å². The van der Waals surface area contributed by atoms with E-state index in [2.05, 4.69) is 4.72 Å². The van der Waals surface area contributed by atoms with E-state index in [1.165, 1.54) is 18.2 Å². The number of amides is 1. The van der Waals surface area contributed by atoms with Crippen LogP contribution in [0.2, 0.25) is 5.02 Å². The number of hydrogen-bond donors (Lipinski definition) is 1. The first kappa shape index (κ1) is 24.0. The van der Waals surface area contributed by atoms with Gasteiger partial charge < -0.3 is 9.64 Å². The average molecular weight is 497 g/mol. The minimum Gasteiger partial charge on any atom is -0.367 e. The summed E-state index contributed by atoms with van der Waals surface area (Å²) in [6.07, 6.45) is 2.94.